The number of methoxy groups -OCH3 is 1. The van der Waals surface area contributed by atoms with E-state index in [1.807, 2.05) is 37.9 Å². The van der Waals surface area contributed by atoms with Crippen LogP contribution < -0.4 is 4.74 Å². The summed E-state index contributed by atoms with van der Waals surface area (Å²) in [6.07, 6.45) is 0.997. The van der Waals surface area contributed by atoms with E-state index in [1.165, 1.54) is 0 Å². The molecule has 0 spiro atoms. The van der Waals surface area contributed by atoms with Crippen LogP contribution in [0, 0.1) is 20.8 Å². The summed E-state index contributed by atoms with van der Waals surface area (Å²) in [5, 5.41) is 0. The lowest BCUT2D eigenvalue weighted by Crippen LogP contribution is -2.37. The van der Waals surface area contributed by atoms with E-state index in [4.69, 9.17) is 14.1 Å². The number of aryl methyl sites for hydroxylation is 1. The molecule has 0 aliphatic carbocycles. The number of oxazole rings is 1. The van der Waals surface area contributed by atoms with Gasteiger partial charge in [0.05, 0.1) is 12.8 Å². The number of nitrogens with zero attached hydrogens (tertiary/aromatic N) is 3. The average Bonchev–Trinajstić information content (AvgIpc) is 3.24. The number of hydrogen-bond donors (Lipinski definition) is 0. The Balaban J connectivity index is 1.76. The number of likely N-dealkylation sites (N-methyl/N-ethyl adjacent to an activating group) is 1. The largest absolute Gasteiger partial charge is 0.496 e. The van der Waals surface area contributed by atoms with Crippen molar-refractivity contribution in [1.82, 2.24) is 14.8 Å². The molecule has 2 aromatic rings. The van der Waals surface area contributed by atoms with E-state index in [1.54, 1.807) is 14.0 Å². The van der Waals surface area contributed by atoms with Crippen molar-refractivity contribution < 1.29 is 13.9 Å². The molecule has 1 amide bonds. The highest BCUT2D eigenvalue weighted by Crippen LogP contribution is 2.32. The van der Waals surface area contributed by atoms with Gasteiger partial charge in [-0.2, -0.15) is 0 Å². The average molecular weight is 371 g/mol. The summed E-state index contributed by atoms with van der Waals surface area (Å²) in [4.78, 5) is 20.5. The fourth-order valence-electron chi connectivity index (χ4n) is 3.68. The normalized spacial score (nSPS) is 17.3. The summed E-state index contributed by atoms with van der Waals surface area (Å²) < 4.78 is 11.4. The minimum atomic E-state index is 0.118. The predicted octanol–water partition coefficient (Wildman–Crippen LogP) is 3.33. The van der Waals surface area contributed by atoms with E-state index >= 15 is 0 Å². The lowest BCUT2D eigenvalue weighted by atomic mass is 10.0. The Morgan fingerprint density at radius 1 is 1.33 bits per heavy atom. The van der Waals surface area contributed by atoms with Gasteiger partial charge < -0.3 is 14.1 Å². The minimum Gasteiger partial charge on any atom is -0.496 e. The molecule has 3 rings (SSSR count). The van der Waals surface area contributed by atoms with E-state index in [2.05, 4.69) is 11.8 Å². The molecule has 1 fully saturated rings. The van der Waals surface area contributed by atoms with E-state index < -0.39 is 0 Å². The van der Waals surface area contributed by atoms with Crippen molar-refractivity contribution in [3.05, 3.63) is 34.7 Å². The Morgan fingerprint density at radius 2 is 2.07 bits per heavy atom. The summed E-state index contributed by atoms with van der Waals surface area (Å²) in [6.45, 7) is 10.3. The molecule has 0 N–H and O–H groups in total. The number of benzene rings is 1. The van der Waals surface area contributed by atoms with Gasteiger partial charge in [-0.25, -0.2) is 4.98 Å². The first-order valence-electron chi connectivity index (χ1n) is 9.38. The van der Waals surface area contributed by atoms with Gasteiger partial charge in [0, 0.05) is 45.2 Å². The van der Waals surface area contributed by atoms with Crippen LogP contribution in [-0.2, 0) is 11.3 Å². The monoisotopic (exact) mass is 371 g/mol. The minimum absolute atomic E-state index is 0.118. The van der Waals surface area contributed by atoms with Gasteiger partial charge in [0.25, 0.3) is 0 Å². The zero-order valence-electron chi connectivity index (χ0n) is 17.1. The van der Waals surface area contributed by atoms with Crippen molar-refractivity contribution in [3.8, 4) is 17.2 Å². The molecule has 1 unspecified atom stereocenters. The van der Waals surface area contributed by atoms with Gasteiger partial charge in [-0.1, -0.05) is 0 Å². The lowest BCUT2D eigenvalue weighted by molar-refractivity contribution is -0.129. The Labute approximate surface area is 161 Å². The highest BCUT2D eigenvalue weighted by molar-refractivity contribution is 5.73. The maximum absolute atomic E-state index is 11.6. The van der Waals surface area contributed by atoms with Gasteiger partial charge in [0.2, 0.25) is 11.8 Å². The molecule has 0 saturated carbocycles. The van der Waals surface area contributed by atoms with Crippen LogP contribution in [0.2, 0.25) is 0 Å². The molecular formula is C21H29N3O3. The van der Waals surface area contributed by atoms with E-state index in [-0.39, 0.29) is 11.9 Å². The molecule has 6 heteroatoms. The molecule has 146 valence electrons. The maximum Gasteiger partial charge on any atom is 0.226 e. The van der Waals surface area contributed by atoms with Crippen LogP contribution in [0.25, 0.3) is 11.5 Å². The van der Waals surface area contributed by atoms with Crippen molar-refractivity contribution in [2.45, 2.75) is 46.7 Å². The molecule has 6 nitrogen and oxygen atoms in total. The van der Waals surface area contributed by atoms with Crippen LogP contribution in [0.1, 0.15) is 35.9 Å². The molecule has 2 heterocycles. The van der Waals surface area contributed by atoms with E-state index in [0.717, 1.165) is 59.9 Å². The van der Waals surface area contributed by atoms with Crippen LogP contribution >= 0.6 is 0 Å². The van der Waals surface area contributed by atoms with Crippen LogP contribution in [-0.4, -0.2) is 54.0 Å². The second-order valence-electron chi connectivity index (χ2n) is 7.39. The third-order valence-corrected chi connectivity index (χ3v) is 5.75. The Hall–Kier alpha value is -2.34. The van der Waals surface area contributed by atoms with E-state index in [9.17, 15) is 4.79 Å². The van der Waals surface area contributed by atoms with Crippen LogP contribution in [0.3, 0.4) is 0 Å². The molecule has 1 atom stereocenters. The molecule has 1 aromatic heterocycles. The Kier molecular flexibility index (Phi) is 5.56. The van der Waals surface area contributed by atoms with Crippen LogP contribution in [0.5, 0.6) is 5.75 Å². The summed E-state index contributed by atoms with van der Waals surface area (Å²) in [5.41, 5.74) is 4.18. The Bertz CT molecular complexity index is 843. The first-order valence-corrected chi connectivity index (χ1v) is 9.38. The van der Waals surface area contributed by atoms with Crippen molar-refractivity contribution in [1.29, 1.82) is 0 Å². The smallest absolute Gasteiger partial charge is 0.226 e. The van der Waals surface area contributed by atoms with E-state index in [0.29, 0.717) is 5.89 Å². The molecular weight excluding hydrogens is 342 g/mol. The highest BCUT2D eigenvalue weighted by Gasteiger charge is 2.28. The molecule has 1 aliphatic heterocycles. The van der Waals surface area contributed by atoms with Gasteiger partial charge in [-0.05, 0) is 50.5 Å². The molecule has 1 aliphatic rings. The quantitative estimate of drug-likeness (QED) is 0.807. The zero-order valence-corrected chi connectivity index (χ0v) is 17.1. The number of carbonyl (C=O) groups excluding carboxylic acids is 1. The first-order chi connectivity index (χ1) is 12.8. The summed E-state index contributed by atoms with van der Waals surface area (Å²) in [5.74, 6) is 2.49. The maximum atomic E-state index is 11.6. The SMILES string of the molecule is COc1ccc(-c2nc(CN3CCC(N(C)C(C)=O)C3)c(C)o2)c(C)c1C. The van der Waals surface area contributed by atoms with Gasteiger partial charge in [0.15, 0.2) is 0 Å². The fourth-order valence-corrected chi connectivity index (χ4v) is 3.68. The third kappa shape index (κ3) is 3.86. The number of hydrogen-bond acceptors (Lipinski definition) is 5. The third-order valence-electron chi connectivity index (χ3n) is 5.75. The van der Waals surface area contributed by atoms with Crippen molar-refractivity contribution in [3.63, 3.8) is 0 Å². The number of likely N-dealkylation sites (tertiary alicyclic amines) is 1. The van der Waals surface area contributed by atoms with Gasteiger partial charge in [-0.15, -0.1) is 0 Å². The lowest BCUT2D eigenvalue weighted by Gasteiger charge is -2.23. The number of ether oxygens (including phenoxy) is 1. The molecule has 1 saturated heterocycles. The van der Waals surface area contributed by atoms with Crippen molar-refractivity contribution in [2.24, 2.45) is 0 Å². The van der Waals surface area contributed by atoms with Gasteiger partial charge in [0.1, 0.15) is 11.5 Å². The van der Waals surface area contributed by atoms with Gasteiger partial charge >= 0.3 is 0 Å². The molecule has 0 bridgehead atoms. The topological polar surface area (TPSA) is 58.8 Å². The summed E-state index contributed by atoms with van der Waals surface area (Å²) in [7, 11) is 3.56. The summed E-state index contributed by atoms with van der Waals surface area (Å²) >= 11 is 0. The van der Waals surface area contributed by atoms with Crippen molar-refractivity contribution >= 4 is 5.91 Å². The number of rotatable bonds is 5. The second kappa shape index (κ2) is 7.72. The Morgan fingerprint density at radius 3 is 2.74 bits per heavy atom. The van der Waals surface area contributed by atoms with Crippen LogP contribution in [0.15, 0.2) is 16.5 Å². The molecule has 27 heavy (non-hydrogen) atoms. The van der Waals surface area contributed by atoms with Gasteiger partial charge in [-0.3, -0.25) is 9.69 Å². The highest BCUT2D eigenvalue weighted by atomic mass is 16.5. The number of amides is 1. The fraction of sp³-hybridized carbons (Fsp3) is 0.524. The standard InChI is InChI=1S/C21H29N3O3/c1-13-14(2)20(26-6)8-7-18(13)21-22-19(15(3)27-21)12-24-10-9-17(11-24)23(5)16(4)25/h7-8,17H,9-12H2,1-6H3. The first kappa shape index (κ1) is 19.4. The molecule has 0 radical (unpaired) electrons. The predicted molar refractivity (Wildman–Crippen MR) is 105 cm³/mol. The molecule has 1 aromatic carbocycles. The zero-order chi connectivity index (χ0) is 19.7. The van der Waals surface area contributed by atoms with Crippen LogP contribution in [0.4, 0.5) is 0 Å². The summed E-state index contributed by atoms with van der Waals surface area (Å²) in [6, 6.07) is 4.24. The van der Waals surface area contributed by atoms with Crippen molar-refractivity contribution in [2.75, 3.05) is 27.2 Å². The number of aromatic nitrogens is 1. The second-order valence-corrected chi connectivity index (χ2v) is 7.39. The number of carbonyl (C=O) groups is 1.